The van der Waals surface area contributed by atoms with Crippen LogP contribution in [0.25, 0.3) is 0 Å². The number of carbonyl (C=O) groups excluding carboxylic acids is 1. The van der Waals surface area contributed by atoms with E-state index in [2.05, 4.69) is 9.97 Å². The van der Waals surface area contributed by atoms with Crippen LogP contribution < -0.4 is 4.90 Å². The second-order valence-corrected chi connectivity index (χ2v) is 5.91. The summed E-state index contributed by atoms with van der Waals surface area (Å²) in [5.74, 6) is 0.0313. The lowest BCUT2D eigenvalue weighted by Gasteiger charge is -2.37. The van der Waals surface area contributed by atoms with Crippen molar-refractivity contribution >= 4 is 11.9 Å². The van der Waals surface area contributed by atoms with Crippen molar-refractivity contribution < 1.29 is 13.9 Å². The number of rotatable bonds is 4. The number of fused-ring (bicyclic) bond motifs is 1. The lowest BCUT2D eigenvalue weighted by atomic mass is 10.1. The Hall–Kier alpha value is -1.80. The van der Waals surface area contributed by atoms with E-state index in [1.165, 1.54) is 0 Å². The standard InChI is InChI=1S/C14H20FN5O2/c1-18(2)3-4-20-11-7-19(8-12(11)22-9-13(20)21)14-16-5-10(15)6-17-14/h5-6,11-12H,3-4,7-9H2,1-2H3/t11-,12-/m1/s1. The molecule has 0 aromatic carbocycles. The Morgan fingerprint density at radius 3 is 2.77 bits per heavy atom. The van der Waals surface area contributed by atoms with E-state index in [-0.39, 0.29) is 24.7 Å². The highest BCUT2D eigenvalue weighted by molar-refractivity contribution is 5.79. The minimum Gasteiger partial charge on any atom is -0.364 e. The molecule has 0 unspecified atom stereocenters. The summed E-state index contributed by atoms with van der Waals surface area (Å²) in [4.78, 5) is 26.0. The predicted octanol–water partition coefficient (Wildman–Crippen LogP) is -0.407. The number of hydrogen-bond donors (Lipinski definition) is 0. The molecule has 22 heavy (non-hydrogen) atoms. The van der Waals surface area contributed by atoms with Gasteiger partial charge in [0.25, 0.3) is 0 Å². The number of amides is 1. The van der Waals surface area contributed by atoms with Crippen LogP contribution in [0.3, 0.4) is 0 Å². The molecule has 0 bridgehead atoms. The lowest BCUT2D eigenvalue weighted by molar-refractivity contribution is -0.153. The molecule has 2 fully saturated rings. The van der Waals surface area contributed by atoms with Gasteiger partial charge in [-0.05, 0) is 14.1 Å². The van der Waals surface area contributed by atoms with Crippen LogP contribution >= 0.6 is 0 Å². The van der Waals surface area contributed by atoms with Crippen LogP contribution in [0.5, 0.6) is 0 Å². The molecule has 2 saturated heterocycles. The van der Waals surface area contributed by atoms with Gasteiger partial charge in [0, 0.05) is 26.2 Å². The topological polar surface area (TPSA) is 61.8 Å². The van der Waals surface area contributed by atoms with E-state index in [1.807, 2.05) is 28.8 Å². The Labute approximate surface area is 128 Å². The molecule has 0 saturated carbocycles. The number of carbonyl (C=O) groups is 1. The molecule has 1 aromatic heterocycles. The number of hydrogen-bond acceptors (Lipinski definition) is 6. The summed E-state index contributed by atoms with van der Waals surface area (Å²) in [6.45, 7) is 2.82. The Balaban J connectivity index is 1.72. The number of halogens is 1. The average Bonchev–Trinajstić information content (AvgIpc) is 2.91. The van der Waals surface area contributed by atoms with Crippen molar-refractivity contribution in [3.05, 3.63) is 18.2 Å². The van der Waals surface area contributed by atoms with Gasteiger partial charge in [-0.15, -0.1) is 0 Å². The van der Waals surface area contributed by atoms with Gasteiger partial charge in [0.2, 0.25) is 11.9 Å². The maximum Gasteiger partial charge on any atom is 0.249 e. The van der Waals surface area contributed by atoms with Crippen LogP contribution in [0, 0.1) is 5.82 Å². The van der Waals surface area contributed by atoms with E-state index in [9.17, 15) is 9.18 Å². The Morgan fingerprint density at radius 2 is 2.09 bits per heavy atom. The second kappa shape index (κ2) is 6.13. The summed E-state index contributed by atoms with van der Waals surface area (Å²) in [6, 6.07) is -0.00477. The van der Waals surface area contributed by atoms with E-state index in [4.69, 9.17) is 4.74 Å². The van der Waals surface area contributed by atoms with Crippen LogP contribution in [0.2, 0.25) is 0 Å². The van der Waals surface area contributed by atoms with Gasteiger partial charge in [-0.3, -0.25) is 4.79 Å². The Bertz CT molecular complexity index is 539. The van der Waals surface area contributed by atoms with E-state index >= 15 is 0 Å². The zero-order valence-electron chi connectivity index (χ0n) is 12.8. The van der Waals surface area contributed by atoms with Gasteiger partial charge in [-0.25, -0.2) is 14.4 Å². The fraction of sp³-hybridized carbons (Fsp3) is 0.643. The first-order valence-electron chi connectivity index (χ1n) is 7.33. The molecule has 0 N–H and O–H groups in total. The first-order chi connectivity index (χ1) is 10.5. The molecule has 2 aliphatic heterocycles. The molecule has 1 aromatic rings. The maximum atomic E-state index is 12.9. The molecule has 8 heteroatoms. The first-order valence-corrected chi connectivity index (χ1v) is 7.33. The monoisotopic (exact) mass is 309 g/mol. The quantitative estimate of drug-likeness (QED) is 0.754. The highest BCUT2D eigenvalue weighted by atomic mass is 19.1. The van der Waals surface area contributed by atoms with Crippen LogP contribution in [0.15, 0.2) is 12.4 Å². The second-order valence-electron chi connectivity index (χ2n) is 5.91. The van der Waals surface area contributed by atoms with Crippen molar-refractivity contribution in [1.29, 1.82) is 0 Å². The molecular formula is C14H20FN5O2. The minimum absolute atomic E-state index is 0.00477. The molecule has 2 atom stereocenters. The predicted molar refractivity (Wildman–Crippen MR) is 78.0 cm³/mol. The Kier molecular flexibility index (Phi) is 4.21. The van der Waals surface area contributed by atoms with Gasteiger partial charge in [0.1, 0.15) is 6.61 Å². The number of nitrogens with zero attached hydrogens (tertiary/aromatic N) is 5. The molecule has 0 spiro atoms. The molecular weight excluding hydrogens is 289 g/mol. The van der Waals surface area contributed by atoms with Gasteiger partial charge in [0.15, 0.2) is 5.82 Å². The summed E-state index contributed by atoms with van der Waals surface area (Å²) >= 11 is 0. The number of anilines is 1. The third kappa shape index (κ3) is 3.02. The first kappa shape index (κ1) is 15.1. The largest absolute Gasteiger partial charge is 0.364 e. The molecule has 120 valence electrons. The third-order valence-electron chi connectivity index (χ3n) is 4.06. The van der Waals surface area contributed by atoms with E-state index in [0.717, 1.165) is 18.9 Å². The molecule has 3 heterocycles. The smallest absolute Gasteiger partial charge is 0.249 e. The van der Waals surface area contributed by atoms with Crippen LogP contribution in [0.1, 0.15) is 0 Å². The van der Waals surface area contributed by atoms with Crippen molar-refractivity contribution in [3.8, 4) is 0 Å². The molecule has 1 amide bonds. The van der Waals surface area contributed by atoms with Crippen LogP contribution in [0.4, 0.5) is 10.3 Å². The van der Waals surface area contributed by atoms with E-state index < -0.39 is 5.82 Å². The van der Waals surface area contributed by atoms with Gasteiger partial charge >= 0.3 is 0 Å². The van der Waals surface area contributed by atoms with Gasteiger partial charge in [0.05, 0.1) is 24.5 Å². The zero-order valence-corrected chi connectivity index (χ0v) is 12.8. The van der Waals surface area contributed by atoms with Gasteiger partial charge < -0.3 is 19.4 Å². The van der Waals surface area contributed by atoms with Gasteiger partial charge in [-0.1, -0.05) is 0 Å². The summed E-state index contributed by atoms with van der Waals surface area (Å²) in [5, 5.41) is 0. The van der Waals surface area contributed by atoms with Crippen LogP contribution in [-0.4, -0.2) is 84.7 Å². The SMILES string of the molecule is CN(C)CCN1C(=O)CO[C@@H]2CN(c3ncc(F)cn3)C[C@H]21. The summed E-state index contributed by atoms with van der Waals surface area (Å²) in [7, 11) is 3.96. The summed E-state index contributed by atoms with van der Waals surface area (Å²) in [5.41, 5.74) is 0. The average molecular weight is 309 g/mol. The number of ether oxygens (including phenoxy) is 1. The van der Waals surface area contributed by atoms with Crippen molar-refractivity contribution in [1.82, 2.24) is 19.8 Å². The molecule has 0 radical (unpaired) electrons. The third-order valence-corrected chi connectivity index (χ3v) is 4.06. The van der Waals surface area contributed by atoms with Gasteiger partial charge in [-0.2, -0.15) is 0 Å². The molecule has 2 aliphatic rings. The van der Waals surface area contributed by atoms with Crippen molar-refractivity contribution in [2.24, 2.45) is 0 Å². The van der Waals surface area contributed by atoms with Crippen molar-refractivity contribution in [2.75, 3.05) is 51.8 Å². The maximum absolute atomic E-state index is 12.9. The fourth-order valence-electron chi connectivity index (χ4n) is 2.90. The highest BCUT2D eigenvalue weighted by Crippen LogP contribution is 2.25. The minimum atomic E-state index is -0.459. The van der Waals surface area contributed by atoms with Crippen molar-refractivity contribution in [2.45, 2.75) is 12.1 Å². The van der Waals surface area contributed by atoms with E-state index in [1.54, 1.807) is 0 Å². The highest BCUT2D eigenvalue weighted by Gasteiger charge is 2.43. The summed E-state index contributed by atoms with van der Waals surface area (Å²) in [6.07, 6.45) is 2.26. The molecule has 3 rings (SSSR count). The molecule has 7 nitrogen and oxygen atoms in total. The summed E-state index contributed by atoms with van der Waals surface area (Å²) < 4.78 is 18.6. The van der Waals surface area contributed by atoms with Crippen molar-refractivity contribution in [3.63, 3.8) is 0 Å². The lowest BCUT2D eigenvalue weighted by Crippen LogP contribution is -2.55. The number of morpholine rings is 1. The fourth-order valence-corrected chi connectivity index (χ4v) is 2.90. The number of aromatic nitrogens is 2. The van der Waals surface area contributed by atoms with E-state index in [0.29, 0.717) is 25.6 Å². The molecule has 0 aliphatic carbocycles. The number of likely N-dealkylation sites (N-methyl/N-ethyl adjacent to an activating group) is 1. The normalized spacial score (nSPS) is 25.0. The Morgan fingerprint density at radius 1 is 1.36 bits per heavy atom. The zero-order chi connectivity index (χ0) is 15.7. The van der Waals surface area contributed by atoms with Crippen LogP contribution in [-0.2, 0) is 9.53 Å².